The zero-order valence-electron chi connectivity index (χ0n) is 41.0. The van der Waals surface area contributed by atoms with Crippen LogP contribution in [-0.2, 0) is 11.8 Å². The van der Waals surface area contributed by atoms with Crippen LogP contribution in [0, 0.1) is 6.92 Å². The second-order valence-corrected chi connectivity index (χ2v) is 20.0. The van der Waals surface area contributed by atoms with Gasteiger partial charge in [-0.3, -0.25) is 0 Å². The monoisotopic (exact) mass is 936 g/mol. The van der Waals surface area contributed by atoms with Crippen LogP contribution in [0.1, 0.15) is 69.7 Å². The van der Waals surface area contributed by atoms with Gasteiger partial charge in [0.25, 0.3) is 0 Å². The predicted molar refractivity (Wildman–Crippen MR) is 299 cm³/mol. The summed E-state index contributed by atoms with van der Waals surface area (Å²) in [4.78, 5) is 18.4. The van der Waals surface area contributed by atoms with Crippen LogP contribution in [-0.4, -0.2) is 21.0 Å². The highest BCUT2D eigenvalue weighted by molar-refractivity contribution is 5.97. The topological polar surface area (TPSA) is 41.9 Å². The van der Waals surface area contributed by atoms with E-state index < -0.39 is 0 Å². The molecule has 0 bridgehead atoms. The van der Waals surface area contributed by atoms with Crippen LogP contribution < -0.4 is 4.90 Å². The normalized spacial score (nSPS) is 16.4. The summed E-state index contributed by atoms with van der Waals surface area (Å²) in [6, 6.07) is 78.0. The average Bonchev–Trinajstić information content (AvgIpc) is 4.12. The van der Waals surface area contributed by atoms with E-state index in [0.717, 1.165) is 35.2 Å². The largest absolute Gasteiger partial charge is 0.333 e. The van der Waals surface area contributed by atoms with E-state index in [2.05, 4.69) is 249 Å². The molecule has 4 heteroatoms. The second kappa shape index (κ2) is 17.2. The van der Waals surface area contributed by atoms with Crippen molar-refractivity contribution in [1.29, 1.82) is 0 Å². The number of para-hydroxylation sites is 1. The van der Waals surface area contributed by atoms with Gasteiger partial charge in [0.1, 0.15) is 0 Å². The lowest BCUT2D eigenvalue weighted by Crippen LogP contribution is -2.28. The third-order valence-electron chi connectivity index (χ3n) is 16.3. The first kappa shape index (κ1) is 43.1. The Morgan fingerprint density at radius 2 is 1.07 bits per heavy atom. The molecule has 0 amide bonds. The van der Waals surface area contributed by atoms with E-state index in [0.29, 0.717) is 23.4 Å². The average molecular weight is 937 g/mol. The first-order valence-electron chi connectivity index (χ1n) is 25.9. The van der Waals surface area contributed by atoms with Gasteiger partial charge in [-0.2, -0.15) is 0 Å². The molecule has 3 unspecified atom stereocenters. The summed E-state index contributed by atoms with van der Waals surface area (Å²) in [5.74, 6) is 2.48. The molecule has 0 N–H and O–H groups in total. The van der Waals surface area contributed by atoms with Crippen LogP contribution in [0.5, 0.6) is 0 Å². The van der Waals surface area contributed by atoms with Crippen molar-refractivity contribution in [2.45, 2.75) is 50.0 Å². The fourth-order valence-corrected chi connectivity index (χ4v) is 13.1. The van der Waals surface area contributed by atoms with Crippen LogP contribution in [0.25, 0.3) is 67.5 Å². The number of aromatic nitrogens is 3. The molecule has 14 rings (SSSR count). The van der Waals surface area contributed by atoms with Crippen molar-refractivity contribution in [3.63, 3.8) is 0 Å². The molecular formula is C69H52N4. The van der Waals surface area contributed by atoms with Gasteiger partial charge in [0.05, 0.1) is 11.5 Å². The molecule has 10 aromatic rings. The lowest BCUT2D eigenvalue weighted by molar-refractivity contribution is 0.662. The number of rotatable bonds is 9. The number of hydrogen-bond acceptors (Lipinski definition) is 4. The molecule has 3 atom stereocenters. The van der Waals surface area contributed by atoms with Crippen LogP contribution >= 0.6 is 0 Å². The minimum absolute atomic E-state index is 0.187. The maximum atomic E-state index is 5.40. The number of fused-ring (bicyclic) bond motifs is 13. The smallest absolute Gasteiger partial charge is 0.164 e. The quantitative estimate of drug-likeness (QED) is 0.145. The highest BCUT2D eigenvalue weighted by atomic mass is 15.2. The maximum Gasteiger partial charge on any atom is 0.164 e. The van der Waals surface area contributed by atoms with E-state index in [9.17, 15) is 0 Å². The Morgan fingerprint density at radius 3 is 1.84 bits per heavy atom. The molecule has 0 saturated heterocycles. The SMILES string of the molecule is CCC(Cc1ccccc1-c1ccc2c(c1C)-c1ccccc1C21c2ccccc2-c2ccccc21)c1ccccc1-c1nc(-c2ccccc2)nc(-c2cccc(N3c4ccccc4C4C=CC=CC43)c2)n1. The number of nitrogens with zero attached hydrogens (tertiary/aromatic N) is 4. The summed E-state index contributed by atoms with van der Waals surface area (Å²) in [5, 5.41) is 0. The first-order valence-corrected chi connectivity index (χ1v) is 25.9. The highest BCUT2D eigenvalue weighted by Crippen LogP contribution is 2.64. The van der Waals surface area contributed by atoms with Crippen molar-refractivity contribution in [3.8, 4) is 67.5 Å². The van der Waals surface area contributed by atoms with Crippen LogP contribution in [0.3, 0.4) is 0 Å². The van der Waals surface area contributed by atoms with Crippen molar-refractivity contribution in [2.75, 3.05) is 4.90 Å². The minimum atomic E-state index is -0.370. The van der Waals surface area contributed by atoms with Crippen molar-refractivity contribution in [3.05, 3.63) is 281 Å². The number of benzene rings is 9. The third-order valence-corrected chi connectivity index (χ3v) is 16.3. The fourth-order valence-electron chi connectivity index (χ4n) is 13.1. The zero-order chi connectivity index (χ0) is 48.6. The summed E-state index contributed by atoms with van der Waals surface area (Å²) in [7, 11) is 0. The minimum Gasteiger partial charge on any atom is -0.333 e. The summed E-state index contributed by atoms with van der Waals surface area (Å²) in [5.41, 5.74) is 23.5. The number of allylic oxidation sites excluding steroid dienone is 2. The van der Waals surface area contributed by atoms with Gasteiger partial charge in [0, 0.05) is 34.0 Å². The van der Waals surface area contributed by atoms with Crippen LogP contribution in [0.4, 0.5) is 11.4 Å². The zero-order valence-corrected chi connectivity index (χ0v) is 41.0. The molecule has 1 aliphatic heterocycles. The molecule has 0 fully saturated rings. The Balaban J connectivity index is 0.854. The van der Waals surface area contributed by atoms with Crippen molar-refractivity contribution in [2.24, 2.45) is 0 Å². The van der Waals surface area contributed by atoms with Crippen molar-refractivity contribution >= 4 is 11.4 Å². The Labute approximate surface area is 427 Å². The molecular weight excluding hydrogens is 885 g/mol. The lowest BCUT2D eigenvalue weighted by Gasteiger charge is -2.30. The maximum absolute atomic E-state index is 5.40. The summed E-state index contributed by atoms with van der Waals surface area (Å²) < 4.78 is 0. The van der Waals surface area contributed by atoms with E-state index in [1.165, 1.54) is 83.6 Å². The Bertz CT molecular complexity index is 3840. The van der Waals surface area contributed by atoms with Gasteiger partial charge < -0.3 is 4.90 Å². The molecule has 1 aromatic heterocycles. The van der Waals surface area contributed by atoms with E-state index in [-0.39, 0.29) is 17.4 Å². The van der Waals surface area contributed by atoms with Crippen molar-refractivity contribution < 1.29 is 0 Å². The number of hydrogen-bond donors (Lipinski definition) is 0. The van der Waals surface area contributed by atoms with Gasteiger partial charge in [-0.1, -0.05) is 225 Å². The molecule has 4 nitrogen and oxygen atoms in total. The van der Waals surface area contributed by atoms with E-state index in [1.807, 2.05) is 6.07 Å². The molecule has 4 aliphatic rings. The molecule has 3 aliphatic carbocycles. The van der Waals surface area contributed by atoms with Gasteiger partial charge in [0.2, 0.25) is 0 Å². The number of anilines is 2. The van der Waals surface area contributed by atoms with E-state index >= 15 is 0 Å². The molecule has 2 heterocycles. The van der Waals surface area contributed by atoms with Gasteiger partial charge in [0.15, 0.2) is 17.5 Å². The van der Waals surface area contributed by atoms with Gasteiger partial charge in [-0.05, 0) is 122 Å². The van der Waals surface area contributed by atoms with Crippen LogP contribution in [0.2, 0.25) is 0 Å². The molecule has 1 spiro atoms. The molecule has 348 valence electrons. The highest BCUT2D eigenvalue weighted by Gasteiger charge is 2.52. The Hall–Kier alpha value is -8.73. The molecule has 0 radical (unpaired) electrons. The van der Waals surface area contributed by atoms with Crippen LogP contribution in [0.15, 0.2) is 237 Å². The Kier molecular flexibility index (Phi) is 10.2. The standard InChI is InChI=1S/C69H52N4/c1-3-45(42-47-24-7-8-28-52(47)50-40-41-62-65(44(50)2)58-34-13-18-37-61(58)69(62)59-35-16-11-29-53(59)54-30-12-17-36-60(54)69)51-27-9-10-33-57(51)68-71-66(46-22-5-4-6-23-46)70-67(72-68)48-25-21-26-49(43-48)73-63-38-19-14-31-55(63)56-32-15-20-39-64(56)73/h4-41,43,45,55,63H,3,42H2,1-2H3. The lowest BCUT2D eigenvalue weighted by atomic mass is 9.70. The molecule has 9 aromatic carbocycles. The summed E-state index contributed by atoms with van der Waals surface area (Å²) >= 11 is 0. The molecule has 73 heavy (non-hydrogen) atoms. The van der Waals surface area contributed by atoms with Gasteiger partial charge in [-0.15, -0.1) is 0 Å². The van der Waals surface area contributed by atoms with Gasteiger partial charge in [-0.25, -0.2) is 15.0 Å². The first-order chi connectivity index (χ1) is 36.1. The van der Waals surface area contributed by atoms with E-state index in [1.54, 1.807) is 0 Å². The summed E-state index contributed by atoms with van der Waals surface area (Å²) in [6.07, 6.45) is 10.8. The van der Waals surface area contributed by atoms with E-state index in [4.69, 9.17) is 15.0 Å². The predicted octanol–water partition coefficient (Wildman–Crippen LogP) is 16.7. The second-order valence-electron chi connectivity index (χ2n) is 20.0. The Morgan fingerprint density at radius 1 is 0.479 bits per heavy atom. The third kappa shape index (κ3) is 6.63. The van der Waals surface area contributed by atoms with Gasteiger partial charge >= 0.3 is 0 Å². The molecule has 0 saturated carbocycles. The van der Waals surface area contributed by atoms with Crippen molar-refractivity contribution in [1.82, 2.24) is 15.0 Å². The summed E-state index contributed by atoms with van der Waals surface area (Å²) in [6.45, 7) is 4.67. The fraction of sp³-hybridized carbons (Fsp3) is 0.116.